The van der Waals surface area contributed by atoms with Gasteiger partial charge in [0, 0.05) is 18.9 Å². The maximum atomic E-state index is 13.1. The number of amides is 1. The van der Waals surface area contributed by atoms with Gasteiger partial charge in [0.15, 0.2) is 6.23 Å². The Morgan fingerprint density at radius 2 is 1.86 bits per heavy atom. The predicted octanol–water partition coefficient (Wildman–Crippen LogP) is 2.27. The van der Waals surface area contributed by atoms with E-state index in [2.05, 4.69) is 22.1 Å². The summed E-state index contributed by atoms with van der Waals surface area (Å²) in [5, 5.41) is 0.658. The molecule has 2 heterocycles. The average Bonchev–Trinajstić information content (AvgIpc) is 2.73. The minimum absolute atomic E-state index is 0.0678. The van der Waals surface area contributed by atoms with Crippen LogP contribution in [0.15, 0.2) is 54.6 Å². The van der Waals surface area contributed by atoms with Gasteiger partial charge in [-0.1, -0.05) is 48.5 Å². The van der Waals surface area contributed by atoms with Crippen LogP contribution in [0.2, 0.25) is 0 Å². The van der Waals surface area contributed by atoms with Crippen LogP contribution in [0.3, 0.4) is 0 Å². The van der Waals surface area contributed by atoms with Crippen LogP contribution >= 0.6 is 0 Å². The Labute approximate surface area is 163 Å². The number of nitrogen functional groups attached to an aromatic ring is 1. The van der Waals surface area contributed by atoms with Crippen molar-refractivity contribution in [3.05, 3.63) is 65.9 Å². The zero-order valence-electron chi connectivity index (χ0n) is 15.6. The van der Waals surface area contributed by atoms with Gasteiger partial charge in [-0.15, -0.1) is 0 Å². The van der Waals surface area contributed by atoms with E-state index in [9.17, 15) is 4.79 Å². The Bertz CT molecular complexity index is 980. The van der Waals surface area contributed by atoms with Gasteiger partial charge in [0.25, 0.3) is 5.91 Å². The number of carbonyl (C=O) groups is 1. The number of nitrogens with two attached hydrogens (primary N) is 1. The molecule has 0 radical (unpaired) electrons. The first-order valence-corrected chi connectivity index (χ1v) is 9.18. The normalized spacial score (nSPS) is 19.5. The van der Waals surface area contributed by atoms with Crippen LogP contribution in [0.5, 0.6) is 0 Å². The molecule has 2 atom stereocenters. The quantitative estimate of drug-likeness (QED) is 0.749. The largest absolute Gasteiger partial charge is 0.374 e. The van der Waals surface area contributed by atoms with Crippen molar-refractivity contribution in [1.29, 1.82) is 0 Å². The summed E-state index contributed by atoms with van der Waals surface area (Å²) in [4.78, 5) is 23.0. The lowest BCUT2D eigenvalue weighted by atomic mass is 10.1. The standard InChI is InChI=1S/C21H22N4O3/c1-25(18-13-27-12-15(28-18)11-14-7-3-2-4-8-14)20(26)19-16-9-5-6-10-17(16)23-21(22)24-19/h2-10,15,18H,11-13H2,1H3,(H2,22,23,24). The first-order chi connectivity index (χ1) is 13.6. The Morgan fingerprint density at radius 3 is 2.68 bits per heavy atom. The second-order valence-electron chi connectivity index (χ2n) is 6.80. The number of carbonyl (C=O) groups excluding carboxylic acids is 1. The molecule has 2 unspecified atom stereocenters. The molecule has 7 heteroatoms. The van der Waals surface area contributed by atoms with Gasteiger partial charge in [-0.3, -0.25) is 4.79 Å². The second kappa shape index (κ2) is 7.92. The van der Waals surface area contributed by atoms with Crippen molar-refractivity contribution in [3.8, 4) is 0 Å². The summed E-state index contributed by atoms with van der Waals surface area (Å²) in [6.45, 7) is 0.808. The van der Waals surface area contributed by atoms with Crippen LogP contribution in [-0.2, 0) is 15.9 Å². The van der Waals surface area contributed by atoms with Gasteiger partial charge in [-0.2, -0.15) is 0 Å². The summed E-state index contributed by atoms with van der Waals surface area (Å²) in [7, 11) is 1.69. The molecular formula is C21H22N4O3. The Balaban J connectivity index is 1.52. The minimum atomic E-state index is -0.495. The lowest BCUT2D eigenvalue weighted by Gasteiger charge is -2.35. The number of fused-ring (bicyclic) bond motifs is 1. The zero-order valence-corrected chi connectivity index (χ0v) is 15.6. The predicted molar refractivity (Wildman–Crippen MR) is 106 cm³/mol. The molecule has 1 aromatic heterocycles. The molecule has 28 heavy (non-hydrogen) atoms. The van der Waals surface area contributed by atoms with Crippen LogP contribution in [-0.4, -0.2) is 53.4 Å². The van der Waals surface area contributed by atoms with E-state index < -0.39 is 6.23 Å². The molecule has 3 aromatic rings. The van der Waals surface area contributed by atoms with Gasteiger partial charge < -0.3 is 20.1 Å². The van der Waals surface area contributed by atoms with Crippen LogP contribution in [0.1, 0.15) is 16.1 Å². The summed E-state index contributed by atoms with van der Waals surface area (Å²) in [6.07, 6.45) is 0.108. The number of rotatable bonds is 4. The number of hydrogen-bond donors (Lipinski definition) is 1. The Hall–Kier alpha value is -3.03. The maximum Gasteiger partial charge on any atom is 0.275 e. The van der Waals surface area contributed by atoms with E-state index in [1.807, 2.05) is 36.4 Å². The van der Waals surface area contributed by atoms with Crippen molar-refractivity contribution in [2.75, 3.05) is 26.0 Å². The fraction of sp³-hybridized carbons (Fsp3) is 0.286. The molecule has 1 amide bonds. The highest BCUT2D eigenvalue weighted by atomic mass is 16.6. The highest BCUT2D eigenvalue weighted by Crippen LogP contribution is 2.21. The van der Waals surface area contributed by atoms with Crippen LogP contribution in [0.4, 0.5) is 5.95 Å². The fourth-order valence-electron chi connectivity index (χ4n) is 3.34. The van der Waals surface area contributed by atoms with E-state index in [1.54, 1.807) is 13.1 Å². The van der Waals surface area contributed by atoms with Gasteiger partial charge in [-0.05, 0) is 11.6 Å². The van der Waals surface area contributed by atoms with E-state index in [1.165, 1.54) is 10.5 Å². The lowest BCUT2D eigenvalue weighted by molar-refractivity contribution is -0.176. The number of likely N-dealkylation sites (N-methyl/N-ethyl adjacent to an activating group) is 1. The molecule has 1 saturated heterocycles. The van der Waals surface area contributed by atoms with Gasteiger partial charge in [0.1, 0.15) is 5.69 Å². The Morgan fingerprint density at radius 1 is 1.11 bits per heavy atom. The number of nitrogens with zero attached hydrogens (tertiary/aromatic N) is 3. The molecule has 7 nitrogen and oxygen atoms in total. The van der Waals surface area contributed by atoms with E-state index >= 15 is 0 Å². The van der Waals surface area contributed by atoms with Crippen molar-refractivity contribution in [1.82, 2.24) is 14.9 Å². The van der Waals surface area contributed by atoms with Crippen molar-refractivity contribution in [3.63, 3.8) is 0 Å². The lowest BCUT2D eigenvalue weighted by Crippen LogP contribution is -2.49. The molecule has 0 bridgehead atoms. The highest BCUT2D eigenvalue weighted by molar-refractivity contribution is 6.04. The molecular weight excluding hydrogens is 356 g/mol. The average molecular weight is 378 g/mol. The van der Waals surface area contributed by atoms with Gasteiger partial charge >= 0.3 is 0 Å². The number of ether oxygens (including phenoxy) is 2. The van der Waals surface area contributed by atoms with Crippen molar-refractivity contribution in [2.24, 2.45) is 0 Å². The van der Waals surface area contributed by atoms with Crippen molar-refractivity contribution >= 4 is 22.8 Å². The second-order valence-corrected chi connectivity index (χ2v) is 6.80. The third kappa shape index (κ3) is 3.81. The van der Waals surface area contributed by atoms with Gasteiger partial charge in [0.2, 0.25) is 5.95 Å². The summed E-state index contributed by atoms with van der Waals surface area (Å²) < 4.78 is 11.9. The number of anilines is 1. The van der Waals surface area contributed by atoms with Crippen molar-refractivity contribution in [2.45, 2.75) is 18.8 Å². The summed E-state index contributed by atoms with van der Waals surface area (Å²) in [6, 6.07) is 17.4. The smallest absolute Gasteiger partial charge is 0.275 e. The molecule has 144 valence electrons. The van der Waals surface area contributed by atoms with E-state index in [4.69, 9.17) is 15.2 Å². The van der Waals surface area contributed by atoms with Crippen LogP contribution < -0.4 is 5.73 Å². The third-order valence-electron chi connectivity index (χ3n) is 4.80. The third-order valence-corrected chi connectivity index (χ3v) is 4.80. The fourth-order valence-corrected chi connectivity index (χ4v) is 3.34. The number of para-hydroxylation sites is 1. The molecule has 0 spiro atoms. The van der Waals surface area contributed by atoms with Crippen LogP contribution in [0, 0.1) is 0 Å². The first kappa shape index (κ1) is 18.3. The summed E-state index contributed by atoms with van der Waals surface area (Å²) in [5.74, 6) is -0.211. The molecule has 1 aliphatic rings. The van der Waals surface area contributed by atoms with E-state index in [0.717, 1.165) is 6.42 Å². The molecule has 0 saturated carbocycles. The van der Waals surface area contributed by atoms with Crippen LogP contribution in [0.25, 0.3) is 10.9 Å². The van der Waals surface area contributed by atoms with Gasteiger partial charge in [0.05, 0.1) is 24.8 Å². The molecule has 2 aromatic carbocycles. The monoisotopic (exact) mass is 378 g/mol. The number of hydrogen-bond acceptors (Lipinski definition) is 6. The summed E-state index contributed by atoms with van der Waals surface area (Å²) >= 11 is 0. The maximum absolute atomic E-state index is 13.1. The van der Waals surface area contributed by atoms with E-state index in [0.29, 0.717) is 24.1 Å². The van der Waals surface area contributed by atoms with Crippen molar-refractivity contribution < 1.29 is 14.3 Å². The van der Waals surface area contributed by atoms with E-state index in [-0.39, 0.29) is 23.7 Å². The molecule has 0 aliphatic carbocycles. The minimum Gasteiger partial charge on any atom is -0.374 e. The topological polar surface area (TPSA) is 90.6 Å². The SMILES string of the molecule is CN(C(=O)c1nc(N)nc2ccccc12)C1COCC(Cc2ccccc2)O1. The molecule has 2 N–H and O–H groups in total. The van der Waals surface area contributed by atoms with Gasteiger partial charge in [-0.25, -0.2) is 9.97 Å². The molecule has 1 aliphatic heterocycles. The molecule has 1 fully saturated rings. The number of benzene rings is 2. The molecule has 4 rings (SSSR count). The number of aromatic nitrogens is 2. The highest BCUT2D eigenvalue weighted by Gasteiger charge is 2.30. The zero-order chi connectivity index (χ0) is 19.5. The summed E-state index contributed by atoms with van der Waals surface area (Å²) in [5.41, 5.74) is 7.86. The first-order valence-electron chi connectivity index (χ1n) is 9.18. The Kier molecular flexibility index (Phi) is 5.18.